The van der Waals surface area contributed by atoms with Gasteiger partial charge < -0.3 is 15.0 Å². The summed E-state index contributed by atoms with van der Waals surface area (Å²) in [5.41, 5.74) is 0.845. The fourth-order valence-electron chi connectivity index (χ4n) is 2.70. The maximum Gasteiger partial charge on any atom is 0.225 e. The molecule has 0 aromatic heterocycles. The second-order valence-corrected chi connectivity index (χ2v) is 5.78. The van der Waals surface area contributed by atoms with Gasteiger partial charge in [0, 0.05) is 25.7 Å². The van der Waals surface area contributed by atoms with Crippen LogP contribution in [0.3, 0.4) is 0 Å². The van der Waals surface area contributed by atoms with Crippen LogP contribution in [0.4, 0.5) is 4.39 Å². The van der Waals surface area contributed by atoms with Gasteiger partial charge in [-0.15, -0.1) is 0 Å². The third-order valence-corrected chi connectivity index (χ3v) is 3.96. The second-order valence-electron chi connectivity index (χ2n) is 5.78. The number of hydrogen-bond donors (Lipinski definition) is 1. The second kappa shape index (κ2) is 6.54. The molecule has 1 N–H and O–H groups in total. The lowest BCUT2D eigenvalue weighted by Crippen LogP contribution is -2.42. The average Bonchev–Trinajstić information content (AvgIpc) is 3.30. The third kappa shape index (κ3) is 4.02. The fourth-order valence-corrected chi connectivity index (χ4v) is 2.70. The highest BCUT2D eigenvalue weighted by Crippen LogP contribution is 2.29. The largest absolute Gasteiger partial charge is 0.375 e. The van der Waals surface area contributed by atoms with E-state index in [0.29, 0.717) is 25.6 Å². The molecule has 0 radical (unpaired) electrons. The number of carbonyl (C=O) groups excluding carboxylic acids is 1. The summed E-state index contributed by atoms with van der Waals surface area (Å²) in [7, 11) is 0. The molecular formula is C16H21FN2O2. The number of hydrogen-bond acceptors (Lipinski definition) is 3. The molecule has 4 nitrogen and oxygen atoms in total. The lowest BCUT2D eigenvalue weighted by molar-refractivity contribution is -0.136. The Hall–Kier alpha value is -1.46. The molecule has 21 heavy (non-hydrogen) atoms. The van der Waals surface area contributed by atoms with Gasteiger partial charge in [0.15, 0.2) is 0 Å². The topological polar surface area (TPSA) is 41.6 Å². The molecule has 0 bridgehead atoms. The van der Waals surface area contributed by atoms with E-state index < -0.39 is 0 Å². The molecule has 1 heterocycles. The van der Waals surface area contributed by atoms with Crippen LogP contribution in [0.15, 0.2) is 24.3 Å². The Morgan fingerprint density at radius 1 is 1.43 bits per heavy atom. The Morgan fingerprint density at radius 3 is 2.95 bits per heavy atom. The molecule has 2 aliphatic rings. The zero-order valence-corrected chi connectivity index (χ0v) is 12.1. The van der Waals surface area contributed by atoms with Gasteiger partial charge in [-0.05, 0) is 30.5 Å². The maximum absolute atomic E-state index is 13.3. The van der Waals surface area contributed by atoms with Crippen molar-refractivity contribution in [3.8, 4) is 0 Å². The first-order chi connectivity index (χ1) is 10.2. The third-order valence-electron chi connectivity index (χ3n) is 3.96. The van der Waals surface area contributed by atoms with Gasteiger partial charge in [-0.1, -0.05) is 12.1 Å². The van der Waals surface area contributed by atoms with Crippen molar-refractivity contribution in [1.29, 1.82) is 0 Å². The summed E-state index contributed by atoms with van der Waals surface area (Å²) >= 11 is 0. The van der Waals surface area contributed by atoms with E-state index in [1.807, 2.05) is 11.0 Å². The molecule has 1 atom stereocenters. The van der Waals surface area contributed by atoms with Crippen molar-refractivity contribution >= 4 is 5.91 Å². The minimum atomic E-state index is -0.254. The number of nitrogens with zero attached hydrogens (tertiary/aromatic N) is 1. The molecule has 1 unspecified atom stereocenters. The lowest BCUT2D eigenvalue weighted by Gasteiger charge is -2.27. The molecule has 114 valence electrons. The van der Waals surface area contributed by atoms with Crippen LogP contribution in [0.1, 0.15) is 24.8 Å². The van der Waals surface area contributed by atoms with Crippen molar-refractivity contribution in [3.63, 3.8) is 0 Å². The first-order valence-electron chi connectivity index (χ1n) is 7.58. The number of rotatable bonds is 5. The van der Waals surface area contributed by atoms with E-state index >= 15 is 0 Å². The van der Waals surface area contributed by atoms with Crippen molar-refractivity contribution < 1.29 is 13.9 Å². The lowest BCUT2D eigenvalue weighted by atomic mass is 10.1. The van der Waals surface area contributed by atoms with E-state index in [0.717, 1.165) is 31.5 Å². The predicted molar refractivity (Wildman–Crippen MR) is 77.2 cm³/mol. The maximum atomic E-state index is 13.3. The zero-order chi connectivity index (χ0) is 14.7. The molecule has 2 fully saturated rings. The number of amides is 1. The van der Waals surface area contributed by atoms with Gasteiger partial charge in [-0.3, -0.25) is 4.79 Å². The van der Waals surface area contributed by atoms with Gasteiger partial charge in [0.25, 0.3) is 0 Å². The quantitative estimate of drug-likeness (QED) is 0.898. The molecule has 0 spiro atoms. The van der Waals surface area contributed by atoms with Gasteiger partial charge in [0.05, 0.1) is 19.1 Å². The molecule has 1 amide bonds. The molecule has 1 aliphatic carbocycles. The molecule has 3 rings (SSSR count). The Balaban J connectivity index is 1.62. The standard InChI is InChI=1S/C16H21FN2O2/c17-13-3-1-2-12(8-13)11-19(14-4-5-14)16(20)9-15-10-18-6-7-21-15/h1-3,8,14-15,18H,4-7,9-11H2. The summed E-state index contributed by atoms with van der Waals surface area (Å²) in [6, 6.07) is 6.80. The molecule has 1 aromatic rings. The highest BCUT2D eigenvalue weighted by Gasteiger charge is 2.33. The molecule has 1 saturated heterocycles. The number of ether oxygens (including phenoxy) is 1. The normalized spacial score (nSPS) is 22.0. The van der Waals surface area contributed by atoms with Gasteiger partial charge in [-0.2, -0.15) is 0 Å². The zero-order valence-electron chi connectivity index (χ0n) is 12.1. The number of halogens is 1. The van der Waals surface area contributed by atoms with Crippen LogP contribution in [0.5, 0.6) is 0 Å². The Bertz CT molecular complexity index is 499. The van der Waals surface area contributed by atoms with Crippen molar-refractivity contribution in [1.82, 2.24) is 10.2 Å². The van der Waals surface area contributed by atoms with Gasteiger partial charge in [-0.25, -0.2) is 4.39 Å². The van der Waals surface area contributed by atoms with E-state index in [2.05, 4.69) is 5.32 Å². The van der Waals surface area contributed by atoms with Gasteiger partial charge in [0.2, 0.25) is 5.91 Å². The minimum Gasteiger partial charge on any atom is -0.375 e. The van der Waals surface area contributed by atoms with E-state index in [9.17, 15) is 9.18 Å². The van der Waals surface area contributed by atoms with Crippen LogP contribution >= 0.6 is 0 Å². The predicted octanol–water partition coefficient (Wildman–Crippen LogP) is 1.70. The van der Waals surface area contributed by atoms with Crippen LogP contribution in [0.2, 0.25) is 0 Å². The van der Waals surface area contributed by atoms with Crippen LogP contribution in [0.25, 0.3) is 0 Å². The molecule has 5 heteroatoms. The van der Waals surface area contributed by atoms with E-state index in [-0.39, 0.29) is 17.8 Å². The number of morpholine rings is 1. The van der Waals surface area contributed by atoms with Crippen molar-refractivity contribution in [2.45, 2.75) is 38.0 Å². The van der Waals surface area contributed by atoms with Crippen molar-refractivity contribution in [3.05, 3.63) is 35.6 Å². The Kier molecular flexibility index (Phi) is 4.51. The summed E-state index contributed by atoms with van der Waals surface area (Å²) in [6.07, 6.45) is 2.45. The number of carbonyl (C=O) groups is 1. The SMILES string of the molecule is O=C(CC1CNCCO1)N(Cc1cccc(F)c1)C1CC1. The molecule has 1 saturated carbocycles. The van der Waals surface area contributed by atoms with Crippen molar-refractivity contribution in [2.75, 3.05) is 19.7 Å². The smallest absolute Gasteiger partial charge is 0.225 e. The average molecular weight is 292 g/mol. The highest BCUT2D eigenvalue weighted by atomic mass is 19.1. The summed E-state index contributed by atoms with van der Waals surface area (Å²) in [5, 5.41) is 3.24. The summed E-state index contributed by atoms with van der Waals surface area (Å²) in [5.74, 6) is -0.147. The molecular weight excluding hydrogens is 271 g/mol. The first kappa shape index (κ1) is 14.5. The van der Waals surface area contributed by atoms with Crippen molar-refractivity contribution in [2.24, 2.45) is 0 Å². The molecule has 1 aromatic carbocycles. The van der Waals surface area contributed by atoms with Crippen LogP contribution in [0, 0.1) is 5.82 Å². The Labute approximate surface area is 124 Å². The van der Waals surface area contributed by atoms with Crippen LogP contribution in [-0.2, 0) is 16.1 Å². The van der Waals surface area contributed by atoms with Crippen LogP contribution in [-0.4, -0.2) is 42.6 Å². The van der Waals surface area contributed by atoms with Gasteiger partial charge >= 0.3 is 0 Å². The van der Waals surface area contributed by atoms with E-state index in [1.165, 1.54) is 12.1 Å². The number of benzene rings is 1. The van der Waals surface area contributed by atoms with E-state index in [4.69, 9.17) is 4.74 Å². The van der Waals surface area contributed by atoms with Crippen LogP contribution < -0.4 is 5.32 Å². The summed E-state index contributed by atoms with van der Waals surface area (Å²) in [4.78, 5) is 14.4. The monoisotopic (exact) mass is 292 g/mol. The number of nitrogens with one attached hydrogen (secondary N) is 1. The molecule has 1 aliphatic heterocycles. The summed E-state index contributed by atoms with van der Waals surface area (Å²) < 4.78 is 18.9. The highest BCUT2D eigenvalue weighted by molar-refractivity contribution is 5.77. The van der Waals surface area contributed by atoms with Gasteiger partial charge in [0.1, 0.15) is 5.82 Å². The first-order valence-corrected chi connectivity index (χ1v) is 7.58. The minimum absolute atomic E-state index is 0.0417. The fraction of sp³-hybridized carbons (Fsp3) is 0.562. The van der Waals surface area contributed by atoms with E-state index in [1.54, 1.807) is 6.07 Å². The summed E-state index contributed by atoms with van der Waals surface area (Å²) in [6.45, 7) is 2.72. The Morgan fingerprint density at radius 2 is 2.29 bits per heavy atom.